The van der Waals surface area contributed by atoms with Crippen molar-refractivity contribution in [1.82, 2.24) is 0 Å². The lowest BCUT2D eigenvalue weighted by molar-refractivity contribution is 0.669. The van der Waals surface area contributed by atoms with Gasteiger partial charge in [-0.25, -0.2) is 0 Å². The molecular formula is C52H33NOS. The van der Waals surface area contributed by atoms with Crippen LogP contribution in [0.25, 0.3) is 86.3 Å². The van der Waals surface area contributed by atoms with Crippen molar-refractivity contribution in [2.24, 2.45) is 0 Å². The number of para-hydroxylation sites is 1. The Balaban J connectivity index is 0.998. The summed E-state index contributed by atoms with van der Waals surface area (Å²) in [6.07, 6.45) is 0. The smallest absolute Gasteiger partial charge is 0.137 e. The lowest BCUT2D eigenvalue weighted by Crippen LogP contribution is -2.10. The Labute approximate surface area is 322 Å². The van der Waals surface area contributed by atoms with Crippen LogP contribution < -0.4 is 4.90 Å². The third kappa shape index (κ3) is 5.48. The molecule has 0 saturated heterocycles. The topological polar surface area (TPSA) is 16.4 Å². The largest absolute Gasteiger partial charge is 0.456 e. The Morgan fingerprint density at radius 2 is 0.927 bits per heavy atom. The molecule has 0 aliphatic rings. The Bertz CT molecular complexity index is 3220. The van der Waals surface area contributed by atoms with Crippen LogP contribution in [-0.2, 0) is 0 Å². The summed E-state index contributed by atoms with van der Waals surface area (Å²) in [5.74, 6) is 0. The van der Waals surface area contributed by atoms with E-state index in [2.05, 4.69) is 199 Å². The van der Waals surface area contributed by atoms with Gasteiger partial charge in [0.2, 0.25) is 0 Å². The molecule has 0 atom stereocenters. The van der Waals surface area contributed by atoms with Crippen molar-refractivity contribution in [2.45, 2.75) is 0 Å². The zero-order chi connectivity index (χ0) is 36.3. The molecule has 11 rings (SSSR count). The number of rotatable bonds is 6. The molecule has 0 aliphatic heterocycles. The van der Waals surface area contributed by atoms with Crippen molar-refractivity contribution in [3.05, 3.63) is 200 Å². The molecule has 3 heteroatoms. The summed E-state index contributed by atoms with van der Waals surface area (Å²) in [6, 6.07) is 72.3. The molecule has 0 bridgehead atoms. The molecule has 0 unspecified atom stereocenters. The predicted octanol–water partition coefficient (Wildman–Crippen LogP) is 15.6. The summed E-state index contributed by atoms with van der Waals surface area (Å²) in [6.45, 7) is 0. The Hall–Kier alpha value is -6.94. The van der Waals surface area contributed by atoms with Gasteiger partial charge in [0.05, 0.1) is 11.1 Å². The average Bonchev–Trinajstić information content (AvgIpc) is 3.83. The molecule has 0 saturated carbocycles. The highest BCUT2D eigenvalue weighted by Crippen LogP contribution is 2.45. The fraction of sp³-hybridized carbons (Fsp3) is 0. The van der Waals surface area contributed by atoms with Gasteiger partial charge in [0.1, 0.15) is 11.2 Å². The molecule has 0 aliphatic carbocycles. The molecule has 0 spiro atoms. The maximum Gasteiger partial charge on any atom is 0.137 e. The number of benzene rings is 9. The van der Waals surface area contributed by atoms with Crippen molar-refractivity contribution in [2.75, 3.05) is 4.90 Å². The minimum Gasteiger partial charge on any atom is -0.456 e. The van der Waals surface area contributed by atoms with Crippen LogP contribution in [-0.4, -0.2) is 0 Å². The Morgan fingerprint density at radius 3 is 1.73 bits per heavy atom. The fourth-order valence-electron chi connectivity index (χ4n) is 8.15. The molecule has 2 heterocycles. The number of furan rings is 1. The molecule has 9 aromatic carbocycles. The molecule has 0 amide bonds. The van der Waals surface area contributed by atoms with Crippen LogP contribution >= 0.6 is 11.3 Å². The number of hydrogen-bond donors (Lipinski definition) is 0. The van der Waals surface area contributed by atoms with Crippen LogP contribution in [0.5, 0.6) is 0 Å². The van der Waals surface area contributed by atoms with E-state index in [-0.39, 0.29) is 0 Å². The first-order chi connectivity index (χ1) is 27.2. The zero-order valence-corrected chi connectivity index (χ0v) is 30.6. The maximum absolute atomic E-state index is 6.38. The summed E-state index contributed by atoms with van der Waals surface area (Å²) in [5.41, 5.74) is 12.2. The summed E-state index contributed by atoms with van der Waals surface area (Å²) in [7, 11) is 0. The lowest BCUT2D eigenvalue weighted by Gasteiger charge is -2.26. The second-order valence-corrected chi connectivity index (χ2v) is 15.2. The number of hydrogen-bond acceptors (Lipinski definition) is 3. The highest BCUT2D eigenvalue weighted by molar-refractivity contribution is 7.25. The van der Waals surface area contributed by atoms with Crippen molar-refractivity contribution < 1.29 is 4.42 Å². The van der Waals surface area contributed by atoms with Gasteiger partial charge >= 0.3 is 0 Å². The van der Waals surface area contributed by atoms with Crippen molar-refractivity contribution >= 4 is 81.3 Å². The van der Waals surface area contributed by atoms with E-state index in [1.54, 1.807) is 0 Å². The van der Waals surface area contributed by atoms with Gasteiger partial charge in [-0.15, -0.1) is 11.3 Å². The fourth-order valence-corrected chi connectivity index (χ4v) is 9.24. The molecule has 0 radical (unpaired) electrons. The molecule has 0 fully saturated rings. The highest BCUT2D eigenvalue weighted by atomic mass is 32.1. The molecule has 2 nitrogen and oxygen atoms in total. The minimum absolute atomic E-state index is 0.879. The summed E-state index contributed by atoms with van der Waals surface area (Å²) >= 11 is 1.84. The Kier molecular flexibility index (Phi) is 7.39. The first-order valence-electron chi connectivity index (χ1n) is 18.7. The maximum atomic E-state index is 6.38. The Morgan fingerprint density at radius 1 is 0.345 bits per heavy atom. The van der Waals surface area contributed by atoms with E-state index in [9.17, 15) is 0 Å². The second kappa shape index (κ2) is 12.9. The van der Waals surface area contributed by atoms with E-state index in [0.29, 0.717) is 0 Å². The molecule has 2 aromatic heterocycles. The predicted molar refractivity (Wildman–Crippen MR) is 235 cm³/mol. The first-order valence-corrected chi connectivity index (χ1v) is 19.5. The molecule has 11 aromatic rings. The molecular weight excluding hydrogens is 687 g/mol. The second-order valence-electron chi connectivity index (χ2n) is 14.1. The van der Waals surface area contributed by atoms with Crippen LogP contribution in [0.1, 0.15) is 0 Å². The molecule has 258 valence electrons. The monoisotopic (exact) mass is 719 g/mol. The van der Waals surface area contributed by atoms with Crippen LogP contribution in [0.3, 0.4) is 0 Å². The zero-order valence-electron chi connectivity index (χ0n) is 29.8. The van der Waals surface area contributed by atoms with Gasteiger partial charge in [0, 0.05) is 36.9 Å². The lowest BCUT2D eigenvalue weighted by atomic mass is 9.95. The van der Waals surface area contributed by atoms with Gasteiger partial charge in [-0.2, -0.15) is 0 Å². The molecule has 0 N–H and O–H groups in total. The van der Waals surface area contributed by atoms with E-state index in [0.717, 1.165) is 39.0 Å². The van der Waals surface area contributed by atoms with Gasteiger partial charge in [-0.3, -0.25) is 0 Å². The average molecular weight is 720 g/mol. The third-order valence-corrected chi connectivity index (χ3v) is 12.0. The molecule has 55 heavy (non-hydrogen) atoms. The van der Waals surface area contributed by atoms with E-state index >= 15 is 0 Å². The van der Waals surface area contributed by atoms with E-state index < -0.39 is 0 Å². The van der Waals surface area contributed by atoms with Crippen LogP contribution in [0.4, 0.5) is 17.1 Å². The minimum atomic E-state index is 0.879. The highest BCUT2D eigenvalue weighted by Gasteiger charge is 2.20. The number of fused-ring (bicyclic) bond motifs is 7. The van der Waals surface area contributed by atoms with Crippen molar-refractivity contribution in [1.29, 1.82) is 0 Å². The quantitative estimate of drug-likeness (QED) is 0.170. The third-order valence-electron chi connectivity index (χ3n) is 10.8. The van der Waals surface area contributed by atoms with Gasteiger partial charge < -0.3 is 9.32 Å². The number of thiophene rings is 1. The van der Waals surface area contributed by atoms with Gasteiger partial charge in [-0.05, 0) is 117 Å². The van der Waals surface area contributed by atoms with Gasteiger partial charge in [-0.1, -0.05) is 127 Å². The van der Waals surface area contributed by atoms with E-state index in [1.807, 2.05) is 17.4 Å². The van der Waals surface area contributed by atoms with Gasteiger partial charge in [0.15, 0.2) is 0 Å². The first kappa shape index (κ1) is 31.6. The van der Waals surface area contributed by atoms with E-state index in [4.69, 9.17) is 4.42 Å². The van der Waals surface area contributed by atoms with Crippen LogP contribution in [0.15, 0.2) is 205 Å². The van der Waals surface area contributed by atoms with Crippen molar-refractivity contribution in [3.8, 4) is 33.4 Å². The SMILES string of the molecule is c1cc(-c2ccc(N(c3ccc4sc5ccccc5c4c3)c3cccc4oc5ccccc5c34)cc2)cc(-c2cccc(-c3ccc4ccccc4c3)c2)c1. The standard InChI is InChI=1S/C52H33NOS/c1-2-11-36-31-41(23-22-34(36)10-1)40-15-8-14-39(32-40)38-13-7-12-37(30-38)35-24-26-42(27-25-35)53(43-28-29-51-46(33-43)44-16-4-6-21-50(44)55-51)47-18-9-20-49-52(47)45-17-3-5-19-48(45)54-49/h1-33H. The number of anilines is 3. The van der Waals surface area contributed by atoms with E-state index in [1.165, 1.54) is 64.3 Å². The van der Waals surface area contributed by atoms with Crippen LogP contribution in [0, 0.1) is 0 Å². The number of nitrogens with zero attached hydrogens (tertiary/aromatic N) is 1. The van der Waals surface area contributed by atoms with Gasteiger partial charge in [0.25, 0.3) is 0 Å². The van der Waals surface area contributed by atoms with Crippen molar-refractivity contribution in [3.63, 3.8) is 0 Å². The van der Waals surface area contributed by atoms with Crippen LogP contribution in [0.2, 0.25) is 0 Å². The summed E-state index contributed by atoms with van der Waals surface area (Å²) < 4.78 is 8.97. The summed E-state index contributed by atoms with van der Waals surface area (Å²) in [4.78, 5) is 2.38. The summed E-state index contributed by atoms with van der Waals surface area (Å²) in [5, 5.41) is 7.28. The normalized spacial score (nSPS) is 11.6.